The lowest BCUT2D eigenvalue weighted by Crippen LogP contribution is -2.24. The van der Waals surface area contributed by atoms with Gasteiger partial charge in [-0.05, 0) is 61.7 Å². The second-order valence-electron chi connectivity index (χ2n) is 6.03. The monoisotopic (exact) mass is 339 g/mol. The van der Waals surface area contributed by atoms with Gasteiger partial charge in [0.25, 0.3) is 0 Å². The maximum atomic E-state index is 12.0. The fourth-order valence-corrected chi connectivity index (χ4v) is 2.39. The van der Waals surface area contributed by atoms with Gasteiger partial charge < -0.3 is 16.0 Å². The number of carbonyl (C=O) groups excluding carboxylic acids is 2. The standard InChI is InChI=1S/C20H25N3O2/c1-4-21-19(24)12-16-6-9-17(10-7-16)22-13-20(25)23-18-8-5-14(2)15(3)11-18/h5-11,22H,4,12-13H2,1-3H3,(H,21,24)(H,23,25). The molecule has 0 aliphatic heterocycles. The van der Waals surface area contributed by atoms with E-state index >= 15 is 0 Å². The fourth-order valence-electron chi connectivity index (χ4n) is 2.39. The highest BCUT2D eigenvalue weighted by molar-refractivity contribution is 5.93. The van der Waals surface area contributed by atoms with Gasteiger partial charge in [-0.25, -0.2) is 0 Å². The van der Waals surface area contributed by atoms with Crippen molar-refractivity contribution >= 4 is 23.2 Å². The lowest BCUT2D eigenvalue weighted by atomic mass is 10.1. The number of aryl methyl sites for hydroxylation is 2. The predicted molar refractivity (Wildman–Crippen MR) is 102 cm³/mol. The highest BCUT2D eigenvalue weighted by Crippen LogP contribution is 2.14. The first-order chi connectivity index (χ1) is 12.0. The first-order valence-corrected chi connectivity index (χ1v) is 8.44. The van der Waals surface area contributed by atoms with Crippen molar-refractivity contribution in [1.29, 1.82) is 0 Å². The molecule has 0 radical (unpaired) electrons. The van der Waals surface area contributed by atoms with E-state index in [1.807, 2.05) is 63.2 Å². The normalized spacial score (nSPS) is 10.2. The molecule has 0 aliphatic rings. The molecular formula is C20H25N3O2. The van der Waals surface area contributed by atoms with Crippen LogP contribution in [0.4, 0.5) is 11.4 Å². The molecule has 0 bridgehead atoms. The Kier molecular flexibility index (Phi) is 6.57. The van der Waals surface area contributed by atoms with Gasteiger partial charge in [0.2, 0.25) is 11.8 Å². The summed E-state index contributed by atoms with van der Waals surface area (Å²) in [4.78, 5) is 23.6. The summed E-state index contributed by atoms with van der Waals surface area (Å²) in [7, 11) is 0. The van der Waals surface area contributed by atoms with Crippen LogP contribution in [0.2, 0.25) is 0 Å². The van der Waals surface area contributed by atoms with E-state index < -0.39 is 0 Å². The predicted octanol–water partition coefficient (Wildman–Crippen LogP) is 3.03. The summed E-state index contributed by atoms with van der Waals surface area (Å²) in [5, 5.41) is 8.73. The topological polar surface area (TPSA) is 70.2 Å². The Morgan fingerprint density at radius 1 is 0.880 bits per heavy atom. The molecule has 0 atom stereocenters. The van der Waals surface area contributed by atoms with Crippen LogP contribution >= 0.6 is 0 Å². The molecule has 5 heteroatoms. The molecule has 0 heterocycles. The van der Waals surface area contributed by atoms with Crippen molar-refractivity contribution in [2.24, 2.45) is 0 Å². The van der Waals surface area contributed by atoms with Crippen LogP contribution in [0.5, 0.6) is 0 Å². The molecule has 132 valence electrons. The molecule has 0 aromatic heterocycles. The minimum atomic E-state index is -0.102. The van der Waals surface area contributed by atoms with Gasteiger partial charge in [-0.1, -0.05) is 18.2 Å². The van der Waals surface area contributed by atoms with Crippen LogP contribution in [0.25, 0.3) is 0 Å². The van der Waals surface area contributed by atoms with Crippen LogP contribution in [-0.4, -0.2) is 24.9 Å². The van der Waals surface area contributed by atoms with Gasteiger partial charge in [-0.2, -0.15) is 0 Å². The Bertz CT molecular complexity index is 739. The fraction of sp³-hybridized carbons (Fsp3) is 0.300. The van der Waals surface area contributed by atoms with Gasteiger partial charge in [0.1, 0.15) is 0 Å². The molecular weight excluding hydrogens is 314 g/mol. The molecule has 2 aromatic carbocycles. The zero-order valence-corrected chi connectivity index (χ0v) is 15.0. The minimum absolute atomic E-state index is 0.0102. The summed E-state index contributed by atoms with van der Waals surface area (Å²) in [6.45, 7) is 6.77. The van der Waals surface area contributed by atoms with Gasteiger partial charge in [-0.3, -0.25) is 9.59 Å². The number of carbonyl (C=O) groups is 2. The number of rotatable bonds is 7. The molecule has 5 nitrogen and oxygen atoms in total. The summed E-state index contributed by atoms with van der Waals surface area (Å²) >= 11 is 0. The Morgan fingerprint density at radius 2 is 1.56 bits per heavy atom. The lowest BCUT2D eigenvalue weighted by Gasteiger charge is -2.10. The van der Waals surface area contributed by atoms with E-state index in [1.165, 1.54) is 5.56 Å². The van der Waals surface area contributed by atoms with Crippen molar-refractivity contribution in [1.82, 2.24) is 5.32 Å². The average Bonchev–Trinajstić information content (AvgIpc) is 2.58. The third kappa shape index (κ3) is 5.95. The molecule has 0 spiro atoms. The smallest absolute Gasteiger partial charge is 0.243 e. The highest BCUT2D eigenvalue weighted by Gasteiger charge is 2.05. The lowest BCUT2D eigenvalue weighted by molar-refractivity contribution is -0.120. The quantitative estimate of drug-likeness (QED) is 0.726. The van der Waals surface area contributed by atoms with E-state index in [0.717, 1.165) is 22.5 Å². The minimum Gasteiger partial charge on any atom is -0.376 e. The van der Waals surface area contributed by atoms with Gasteiger partial charge in [0.15, 0.2) is 0 Å². The van der Waals surface area contributed by atoms with Crippen LogP contribution in [0.1, 0.15) is 23.6 Å². The molecule has 0 fully saturated rings. The van der Waals surface area contributed by atoms with E-state index in [0.29, 0.717) is 13.0 Å². The van der Waals surface area contributed by atoms with Crippen molar-refractivity contribution in [3.63, 3.8) is 0 Å². The largest absolute Gasteiger partial charge is 0.376 e. The molecule has 0 saturated heterocycles. The van der Waals surface area contributed by atoms with E-state index in [4.69, 9.17) is 0 Å². The second-order valence-corrected chi connectivity index (χ2v) is 6.03. The van der Waals surface area contributed by atoms with Crippen LogP contribution in [0, 0.1) is 13.8 Å². The number of amides is 2. The summed E-state index contributed by atoms with van der Waals surface area (Å²) in [6, 6.07) is 13.4. The molecule has 25 heavy (non-hydrogen) atoms. The zero-order valence-electron chi connectivity index (χ0n) is 15.0. The third-order valence-electron chi connectivity index (χ3n) is 3.94. The number of nitrogens with one attached hydrogen (secondary N) is 3. The van der Waals surface area contributed by atoms with E-state index in [2.05, 4.69) is 16.0 Å². The van der Waals surface area contributed by atoms with Crippen LogP contribution in [-0.2, 0) is 16.0 Å². The first kappa shape index (κ1) is 18.5. The van der Waals surface area contributed by atoms with Crippen molar-refractivity contribution in [3.8, 4) is 0 Å². The van der Waals surface area contributed by atoms with Gasteiger partial charge in [0.05, 0.1) is 13.0 Å². The maximum Gasteiger partial charge on any atom is 0.243 e. The Labute approximate surface area is 148 Å². The summed E-state index contributed by atoms with van der Waals surface area (Å²) in [5.41, 5.74) is 4.93. The van der Waals surface area contributed by atoms with E-state index in [9.17, 15) is 9.59 Å². The number of likely N-dealkylation sites (N-methyl/N-ethyl adjacent to an activating group) is 1. The molecule has 0 unspecified atom stereocenters. The molecule has 2 aromatic rings. The van der Waals surface area contributed by atoms with Crippen LogP contribution < -0.4 is 16.0 Å². The first-order valence-electron chi connectivity index (χ1n) is 8.44. The molecule has 2 rings (SSSR count). The van der Waals surface area contributed by atoms with Crippen LogP contribution in [0.15, 0.2) is 42.5 Å². The molecule has 3 N–H and O–H groups in total. The van der Waals surface area contributed by atoms with Crippen molar-refractivity contribution in [3.05, 3.63) is 59.2 Å². The van der Waals surface area contributed by atoms with Crippen molar-refractivity contribution in [2.75, 3.05) is 23.7 Å². The van der Waals surface area contributed by atoms with Gasteiger partial charge in [0, 0.05) is 17.9 Å². The summed E-state index contributed by atoms with van der Waals surface area (Å²) in [5.74, 6) is -0.0920. The van der Waals surface area contributed by atoms with E-state index in [1.54, 1.807) is 0 Å². The molecule has 0 saturated carbocycles. The van der Waals surface area contributed by atoms with Crippen LogP contribution in [0.3, 0.4) is 0 Å². The number of hydrogen-bond donors (Lipinski definition) is 3. The third-order valence-corrected chi connectivity index (χ3v) is 3.94. The number of hydrogen-bond acceptors (Lipinski definition) is 3. The highest BCUT2D eigenvalue weighted by atomic mass is 16.2. The van der Waals surface area contributed by atoms with Crippen molar-refractivity contribution in [2.45, 2.75) is 27.2 Å². The molecule has 0 aliphatic carbocycles. The maximum absolute atomic E-state index is 12.0. The average molecular weight is 339 g/mol. The SMILES string of the molecule is CCNC(=O)Cc1ccc(NCC(=O)Nc2ccc(C)c(C)c2)cc1. The summed E-state index contributed by atoms with van der Waals surface area (Å²) in [6.07, 6.45) is 0.362. The Hall–Kier alpha value is -2.82. The van der Waals surface area contributed by atoms with Gasteiger partial charge in [-0.15, -0.1) is 0 Å². The van der Waals surface area contributed by atoms with E-state index in [-0.39, 0.29) is 18.4 Å². The number of anilines is 2. The molecule has 2 amide bonds. The second kappa shape index (κ2) is 8.87. The Balaban J connectivity index is 1.83. The Morgan fingerprint density at radius 3 is 2.20 bits per heavy atom. The number of benzene rings is 2. The summed E-state index contributed by atoms with van der Waals surface area (Å²) < 4.78 is 0. The zero-order chi connectivity index (χ0) is 18.2. The van der Waals surface area contributed by atoms with Crippen molar-refractivity contribution < 1.29 is 9.59 Å². The van der Waals surface area contributed by atoms with Gasteiger partial charge >= 0.3 is 0 Å².